The van der Waals surface area contributed by atoms with Gasteiger partial charge in [-0.1, -0.05) is 0 Å². The maximum atomic E-state index is 9.91. The molecular formula is C22H20N6O3S. The van der Waals surface area contributed by atoms with Gasteiger partial charge in [0.25, 0.3) is 0 Å². The van der Waals surface area contributed by atoms with Crippen molar-refractivity contribution >= 4 is 17.6 Å². The number of nitriles is 2. The number of nitrogens with two attached hydrogens (primary N) is 1. The fraction of sp³-hybridized carbons (Fsp3) is 0.227. The van der Waals surface area contributed by atoms with Gasteiger partial charge in [-0.05, 0) is 18.2 Å². The standard InChI is InChI=1S/C22H20N6O3S/c1-29-7-8-31-15-3-4-18(27-12-15)20-16(9-23)21(25)28-22(17(20)10-24)32-13-14-11-26-6-5-19(14)30-2/h3-6,11-12H,7-8,13H2,1-2H3,(H2,25,28). The molecule has 0 aliphatic carbocycles. The second-order valence-electron chi connectivity index (χ2n) is 6.35. The molecule has 162 valence electrons. The van der Waals surface area contributed by atoms with Gasteiger partial charge in [-0.25, -0.2) is 4.98 Å². The van der Waals surface area contributed by atoms with E-state index in [1.165, 1.54) is 18.0 Å². The van der Waals surface area contributed by atoms with Crippen molar-refractivity contribution in [1.29, 1.82) is 10.5 Å². The van der Waals surface area contributed by atoms with E-state index < -0.39 is 0 Å². The summed E-state index contributed by atoms with van der Waals surface area (Å²) in [6.45, 7) is 0.827. The van der Waals surface area contributed by atoms with Gasteiger partial charge in [0, 0.05) is 36.4 Å². The van der Waals surface area contributed by atoms with E-state index in [-0.39, 0.29) is 16.9 Å². The first-order valence-corrected chi connectivity index (χ1v) is 10.4. The fourth-order valence-corrected chi connectivity index (χ4v) is 3.85. The van der Waals surface area contributed by atoms with Crippen LogP contribution in [0.25, 0.3) is 11.3 Å². The summed E-state index contributed by atoms with van der Waals surface area (Å²) in [7, 11) is 3.17. The van der Waals surface area contributed by atoms with Crippen molar-refractivity contribution in [1.82, 2.24) is 15.0 Å². The molecule has 2 N–H and O–H groups in total. The molecular weight excluding hydrogens is 428 g/mol. The van der Waals surface area contributed by atoms with Gasteiger partial charge < -0.3 is 19.9 Å². The third kappa shape index (κ3) is 5.06. The van der Waals surface area contributed by atoms with E-state index in [0.29, 0.717) is 46.7 Å². The minimum atomic E-state index is 0.0318. The Hall–Kier alpha value is -3.86. The summed E-state index contributed by atoms with van der Waals surface area (Å²) in [6.07, 6.45) is 4.85. The highest BCUT2D eigenvalue weighted by Gasteiger charge is 2.22. The van der Waals surface area contributed by atoms with Crippen LogP contribution in [0.4, 0.5) is 5.82 Å². The van der Waals surface area contributed by atoms with Crippen molar-refractivity contribution in [2.45, 2.75) is 10.8 Å². The number of pyridine rings is 3. The SMILES string of the molecule is COCCOc1ccc(-c2c(C#N)c(N)nc(SCc3cnccc3OC)c2C#N)nc1. The Bertz CT molecular complexity index is 1170. The topological polar surface area (TPSA) is 140 Å². The number of rotatable bonds is 9. The lowest BCUT2D eigenvalue weighted by molar-refractivity contribution is 0.146. The molecule has 0 atom stereocenters. The lowest BCUT2D eigenvalue weighted by atomic mass is 10.0. The number of hydrogen-bond donors (Lipinski definition) is 1. The molecule has 0 unspecified atom stereocenters. The molecule has 0 aliphatic rings. The van der Waals surface area contributed by atoms with Crippen molar-refractivity contribution < 1.29 is 14.2 Å². The molecule has 3 aromatic heterocycles. The van der Waals surface area contributed by atoms with Gasteiger partial charge >= 0.3 is 0 Å². The Balaban J connectivity index is 1.98. The van der Waals surface area contributed by atoms with Gasteiger partial charge in [-0.15, -0.1) is 11.8 Å². The maximum absolute atomic E-state index is 9.91. The van der Waals surface area contributed by atoms with Gasteiger partial charge in [0.2, 0.25) is 0 Å². The van der Waals surface area contributed by atoms with Gasteiger partial charge in [0.15, 0.2) is 0 Å². The Kier molecular flexibility index (Phi) is 7.81. The Labute approximate surface area is 189 Å². The number of thioether (sulfide) groups is 1. The summed E-state index contributed by atoms with van der Waals surface area (Å²) in [4.78, 5) is 12.8. The Morgan fingerprint density at radius 1 is 1.06 bits per heavy atom. The maximum Gasteiger partial charge on any atom is 0.143 e. The highest BCUT2D eigenvalue weighted by molar-refractivity contribution is 7.98. The first-order chi connectivity index (χ1) is 15.6. The lowest BCUT2D eigenvalue weighted by Crippen LogP contribution is -2.06. The van der Waals surface area contributed by atoms with E-state index >= 15 is 0 Å². The molecule has 3 aromatic rings. The van der Waals surface area contributed by atoms with Crippen LogP contribution in [0.1, 0.15) is 16.7 Å². The molecule has 0 bridgehead atoms. The predicted molar refractivity (Wildman–Crippen MR) is 119 cm³/mol. The van der Waals surface area contributed by atoms with Crippen LogP contribution in [0.2, 0.25) is 0 Å². The number of nitrogens with zero attached hydrogens (tertiary/aromatic N) is 5. The fourth-order valence-electron chi connectivity index (χ4n) is 2.88. The van der Waals surface area contributed by atoms with Crippen LogP contribution in [-0.2, 0) is 10.5 Å². The summed E-state index contributed by atoms with van der Waals surface area (Å²) < 4.78 is 15.8. The second-order valence-corrected chi connectivity index (χ2v) is 7.31. The number of ether oxygens (including phenoxy) is 3. The van der Waals surface area contributed by atoms with E-state index in [2.05, 4.69) is 21.0 Å². The van der Waals surface area contributed by atoms with Crippen LogP contribution < -0.4 is 15.2 Å². The smallest absolute Gasteiger partial charge is 0.143 e. The summed E-state index contributed by atoms with van der Waals surface area (Å²) in [5, 5.41) is 20.0. The number of nitrogen functional groups attached to an aromatic ring is 1. The van der Waals surface area contributed by atoms with Crippen LogP contribution in [-0.4, -0.2) is 42.4 Å². The van der Waals surface area contributed by atoms with Gasteiger partial charge in [-0.3, -0.25) is 9.97 Å². The quantitative estimate of drug-likeness (QED) is 0.383. The third-order valence-corrected chi connectivity index (χ3v) is 5.43. The summed E-state index contributed by atoms with van der Waals surface area (Å²) in [5.41, 5.74) is 8.00. The minimum Gasteiger partial charge on any atom is -0.496 e. The van der Waals surface area contributed by atoms with Gasteiger partial charge in [0.1, 0.15) is 46.7 Å². The van der Waals surface area contributed by atoms with Crippen molar-refractivity contribution in [3.05, 3.63) is 53.5 Å². The zero-order valence-electron chi connectivity index (χ0n) is 17.5. The first kappa shape index (κ1) is 22.8. The average Bonchev–Trinajstić information content (AvgIpc) is 2.83. The number of anilines is 1. The molecule has 10 heteroatoms. The normalized spacial score (nSPS) is 10.2. The predicted octanol–water partition coefficient (Wildman–Crippen LogP) is 3.19. The highest BCUT2D eigenvalue weighted by Crippen LogP contribution is 2.37. The Morgan fingerprint density at radius 3 is 2.53 bits per heavy atom. The summed E-state index contributed by atoms with van der Waals surface area (Å²) >= 11 is 1.30. The zero-order chi connectivity index (χ0) is 22.9. The number of methoxy groups -OCH3 is 2. The largest absolute Gasteiger partial charge is 0.496 e. The molecule has 3 rings (SSSR count). The highest BCUT2D eigenvalue weighted by atomic mass is 32.2. The lowest BCUT2D eigenvalue weighted by Gasteiger charge is -2.13. The van der Waals surface area contributed by atoms with Gasteiger partial charge in [0.05, 0.1) is 31.2 Å². The first-order valence-electron chi connectivity index (χ1n) is 9.44. The van der Waals surface area contributed by atoms with Crippen LogP contribution >= 0.6 is 11.8 Å². The monoisotopic (exact) mass is 448 g/mol. The van der Waals surface area contributed by atoms with E-state index in [1.54, 1.807) is 44.8 Å². The molecule has 9 nitrogen and oxygen atoms in total. The molecule has 0 aromatic carbocycles. The van der Waals surface area contributed by atoms with Crippen LogP contribution in [0.15, 0.2) is 41.8 Å². The van der Waals surface area contributed by atoms with Crippen LogP contribution in [0.3, 0.4) is 0 Å². The van der Waals surface area contributed by atoms with E-state index in [1.807, 2.05) is 6.07 Å². The van der Waals surface area contributed by atoms with E-state index in [0.717, 1.165) is 5.56 Å². The number of hydrogen-bond acceptors (Lipinski definition) is 10. The van der Waals surface area contributed by atoms with Crippen molar-refractivity contribution in [2.75, 3.05) is 33.2 Å². The molecule has 0 saturated heterocycles. The molecule has 32 heavy (non-hydrogen) atoms. The zero-order valence-corrected chi connectivity index (χ0v) is 18.3. The molecule has 0 radical (unpaired) electrons. The average molecular weight is 449 g/mol. The van der Waals surface area contributed by atoms with Crippen molar-refractivity contribution in [2.24, 2.45) is 0 Å². The molecule has 0 aliphatic heterocycles. The van der Waals surface area contributed by atoms with E-state index in [4.69, 9.17) is 19.9 Å². The van der Waals surface area contributed by atoms with Crippen molar-refractivity contribution in [3.63, 3.8) is 0 Å². The summed E-state index contributed by atoms with van der Waals surface area (Å²) in [6, 6.07) is 9.36. The van der Waals surface area contributed by atoms with Gasteiger partial charge in [-0.2, -0.15) is 10.5 Å². The molecule has 0 amide bonds. The number of aromatic nitrogens is 3. The molecule has 0 fully saturated rings. The second kappa shape index (κ2) is 11.0. The van der Waals surface area contributed by atoms with E-state index in [9.17, 15) is 10.5 Å². The summed E-state index contributed by atoms with van der Waals surface area (Å²) in [5.74, 6) is 1.70. The third-order valence-electron chi connectivity index (χ3n) is 4.41. The molecule has 0 spiro atoms. The molecule has 0 saturated carbocycles. The van der Waals surface area contributed by atoms with Crippen LogP contribution in [0, 0.1) is 22.7 Å². The van der Waals surface area contributed by atoms with Crippen LogP contribution in [0.5, 0.6) is 11.5 Å². The Morgan fingerprint density at radius 2 is 1.88 bits per heavy atom. The van der Waals surface area contributed by atoms with Crippen molar-refractivity contribution in [3.8, 4) is 34.9 Å². The minimum absolute atomic E-state index is 0.0318. The molecule has 3 heterocycles.